The van der Waals surface area contributed by atoms with Gasteiger partial charge in [-0.05, 0) is 38.5 Å². The topological polar surface area (TPSA) is 64.1 Å². The van der Waals surface area contributed by atoms with Gasteiger partial charge in [-0.1, -0.05) is 11.6 Å². The van der Waals surface area contributed by atoms with E-state index in [1.807, 2.05) is 32.9 Å². The summed E-state index contributed by atoms with van der Waals surface area (Å²) >= 11 is 6.33. The highest BCUT2D eigenvalue weighted by Gasteiger charge is 2.17. The number of methoxy groups -OCH3 is 1. The van der Waals surface area contributed by atoms with Crippen molar-refractivity contribution in [1.82, 2.24) is 10.6 Å². The van der Waals surface area contributed by atoms with Crippen molar-refractivity contribution in [3.05, 3.63) is 22.7 Å². The third-order valence-corrected chi connectivity index (χ3v) is 4.14. The van der Waals surface area contributed by atoms with Crippen molar-refractivity contribution < 1.29 is 14.2 Å². The molecule has 0 fully saturated rings. The molecule has 0 aromatic heterocycles. The van der Waals surface area contributed by atoms with E-state index in [0.29, 0.717) is 42.8 Å². The van der Waals surface area contributed by atoms with Crippen LogP contribution in [-0.4, -0.2) is 45.0 Å². The summed E-state index contributed by atoms with van der Waals surface area (Å²) in [4.78, 5) is 4.62. The molecule has 2 rings (SSSR count). The average molecular weight is 370 g/mol. The van der Waals surface area contributed by atoms with Gasteiger partial charge in [-0.2, -0.15) is 0 Å². The van der Waals surface area contributed by atoms with Crippen molar-refractivity contribution in [1.29, 1.82) is 0 Å². The lowest BCUT2D eigenvalue weighted by molar-refractivity contribution is 0.0268. The molecule has 0 saturated heterocycles. The summed E-state index contributed by atoms with van der Waals surface area (Å²) in [7, 11) is 1.70. The average Bonchev–Trinajstić information content (AvgIpc) is 2.83. The fourth-order valence-electron chi connectivity index (χ4n) is 2.26. The molecule has 140 valence electrons. The molecule has 1 aliphatic rings. The Morgan fingerprint density at radius 2 is 2.04 bits per heavy atom. The van der Waals surface area contributed by atoms with Crippen LogP contribution in [0.3, 0.4) is 0 Å². The molecule has 0 saturated carbocycles. The normalized spacial score (nSPS) is 14.8. The molecule has 1 heterocycles. The number of nitrogens with one attached hydrogen (secondary N) is 2. The van der Waals surface area contributed by atoms with Gasteiger partial charge in [0.05, 0.1) is 30.4 Å². The third kappa shape index (κ3) is 5.97. The molecule has 1 aromatic carbocycles. The first-order valence-electron chi connectivity index (χ1n) is 8.60. The van der Waals surface area contributed by atoms with Crippen LogP contribution in [0.25, 0.3) is 0 Å². The molecule has 25 heavy (non-hydrogen) atoms. The molecule has 6 nitrogen and oxygen atoms in total. The van der Waals surface area contributed by atoms with Gasteiger partial charge in [0.2, 0.25) is 0 Å². The molecule has 7 heteroatoms. The fraction of sp³-hybridized carbons (Fsp3) is 0.611. The van der Waals surface area contributed by atoms with Crippen LogP contribution in [0.15, 0.2) is 17.1 Å². The van der Waals surface area contributed by atoms with Gasteiger partial charge >= 0.3 is 0 Å². The number of hydrogen-bond acceptors (Lipinski definition) is 4. The Morgan fingerprint density at radius 3 is 2.76 bits per heavy atom. The second-order valence-electron chi connectivity index (χ2n) is 6.47. The van der Waals surface area contributed by atoms with Crippen LogP contribution in [0.2, 0.25) is 5.02 Å². The molecule has 0 aliphatic carbocycles. The monoisotopic (exact) mass is 369 g/mol. The van der Waals surface area contributed by atoms with Gasteiger partial charge in [0.25, 0.3) is 0 Å². The fourth-order valence-corrected chi connectivity index (χ4v) is 2.54. The molecule has 0 radical (unpaired) electrons. The molecule has 0 atom stereocenters. The second kappa shape index (κ2) is 9.15. The van der Waals surface area contributed by atoms with Gasteiger partial charge < -0.3 is 24.8 Å². The predicted molar refractivity (Wildman–Crippen MR) is 101 cm³/mol. The minimum absolute atomic E-state index is 0.269. The van der Waals surface area contributed by atoms with Crippen molar-refractivity contribution in [2.75, 3.05) is 33.4 Å². The van der Waals surface area contributed by atoms with E-state index in [4.69, 9.17) is 25.8 Å². The lowest BCUT2D eigenvalue weighted by Gasteiger charge is -2.24. The molecule has 0 amide bonds. The number of guanidine groups is 1. The van der Waals surface area contributed by atoms with Crippen LogP contribution in [0, 0.1) is 0 Å². The highest BCUT2D eigenvalue weighted by atomic mass is 35.5. The highest BCUT2D eigenvalue weighted by Crippen LogP contribution is 2.38. The third-order valence-electron chi connectivity index (χ3n) is 3.86. The van der Waals surface area contributed by atoms with E-state index in [-0.39, 0.29) is 5.60 Å². The van der Waals surface area contributed by atoms with Crippen molar-refractivity contribution in [3.8, 4) is 11.5 Å². The van der Waals surface area contributed by atoms with Crippen LogP contribution < -0.4 is 20.1 Å². The number of halogens is 1. The van der Waals surface area contributed by atoms with Crippen LogP contribution in [0.1, 0.15) is 32.8 Å². The van der Waals surface area contributed by atoms with Gasteiger partial charge in [0, 0.05) is 26.6 Å². The minimum Gasteiger partial charge on any atom is -0.489 e. The van der Waals surface area contributed by atoms with Crippen LogP contribution in [-0.2, 0) is 11.3 Å². The number of aliphatic imine (C=N–C) groups is 1. The van der Waals surface area contributed by atoms with Gasteiger partial charge in [0.15, 0.2) is 17.5 Å². The maximum Gasteiger partial charge on any atom is 0.191 e. The van der Waals surface area contributed by atoms with E-state index < -0.39 is 0 Å². The van der Waals surface area contributed by atoms with E-state index in [1.54, 1.807) is 7.11 Å². The summed E-state index contributed by atoms with van der Waals surface area (Å²) in [5, 5.41) is 7.08. The summed E-state index contributed by atoms with van der Waals surface area (Å²) in [5.74, 6) is 2.04. The number of ether oxygens (including phenoxy) is 3. The van der Waals surface area contributed by atoms with Crippen molar-refractivity contribution in [3.63, 3.8) is 0 Å². The number of rotatable bonds is 6. The standard InChI is InChI=1S/C18H28ClN3O3/c1-5-20-17(22-12-18(2,3)23-4)21-11-13-9-14(19)16-15(10-13)24-7-6-8-25-16/h9-10H,5-8,11-12H2,1-4H3,(H2,20,21,22). The highest BCUT2D eigenvalue weighted by molar-refractivity contribution is 6.32. The molecule has 0 unspecified atom stereocenters. The molecule has 1 aliphatic heterocycles. The van der Waals surface area contributed by atoms with Crippen molar-refractivity contribution in [2.45, 2.75) is 39.3 Å². The Labute approximate surface area is 154 Å². The Balaban J connectivity index is 2.09. The van der Waals surface area contributed by atoms with E-state index in [9.17, 15) is 0 Å². The molecule has 0 spiro atoms. The maximum atomic E-state index is 6.33. The molecule has 0 bridgehead atoms. The van der Waals surface area contributed by atoms with Crippen LogP contribution in [0.5, 0.6) is 11.5 Å². The predicted octanol–water partition coefficient (Wildman–Crippen LogP) is 2.98. The minimum atomic E-state index is -0.269. The Bertz CT molecular complexity index is 605. The van der Waals surface area contributed by atoms with E-state index in [2.05, 4.69) is 15.6 Å². The maximum absolute atomic E-state index is 6.33. The number of nitrogens with zero attached hydrogens (tertiary/aromatic N) is 1. The van der Waals surface area contributed by atoms with Crippen molar-refractivity contribution >= 4 is 17.6 Å². The van der Waals surface area contributed by atoms with E-state index in [1.165, 1.54) is 0 Å². The van der Waals surface area contributed by atoms with Crippen molar-refractivity contribution in [2.24, 2.45) is 4.99 Å². The summed E-state index contributed by atoms with van der Waals surface area (Å²) in [6, 6.07) is 3.82. The smallest absolute Gasteiger partial charge is 0.191 e. The number of hydrogen-bond donors (Lipinski definition) is 2. The summed E-state index contributed by atoms with van der Waals surface area (Å²) < 4.78 is 16.8. The lowest BCUT2D eigenvalue weighted by atomic mass is 10.1. The first-order chi connectivity index (χ1) is 11.9. The van der Waals surface area contributed by atoms with E-state index in [0.717, 1.165) is 24.5 Å². The lowest BCUT2D eigenvalue weighted by Crippen LogP contribution is -2.45. The largest absolute Gasteiger partial charge is 0.489 e. The summed E-state index contributed by atoms with van der Waals surface area (Å²) in [6.07, 6.45) is 0.849. The zero-order chi connectivity index (χ0) is 18.3. The SMILES string of the molecule is CCNC(=NCc1cc(Cl)c2c(c1)OCCCO2)NCC(C)(C)OC. The molecule has 1 aromatic rings. The quantitative estimate of drug-likeness (QED) is 0.596. The molecular formula is C18H28ClN3O3. The number of benzene rings is 1. The summed E-state index contributed by atoms with van der Waals surface area (Å²) in [6.45, 7) is 9.24. The molecule has 2 N–H and O–H groups in total. The van der Waals surface area contributed by atoms with E-state index >= 15 is 0 Å². The first kappa shape index (κ1) is 19.7. The second-order valence-corrected chi connectivity index (χ2v) is 6.88. The van der Waals surface area contributed by atoms with Gasteiger partial charge in [0.1, 0.15) is 0 Å². The Kier molecular flexibility index (Phi) is 7.20. The zero-order valence-electron chi connectivity index (χ0n) is 15.4. The van der Waals surface area contributed by atoms with Crippen LogP contribution >= 0.6 is 11.6 Å². The Morgan fingerprint density at radius 1 is 1.28 bits per heavy atom. The van der Waals surface area contributed by atoms with Gasteiger partial charge in [-0.25, -0.2) is 4.99 Å². The Hall–Kier alpha value is -1.66. The first-order valence-corrected chi connectivity index (χ1v) is 8.98. The van der Waals surface area contributed by atoms with Gasteiger partial charge in [-0.15, -0.1) is 0 Å². The number of fused-ring (bicyclic) bond motifs is 1. The molecular weight excluding hydrogens is 342 g/mol. The zero-order valence-corrected chi connectivity index (χ0v) is 16.2. The van der Waals surface area contributed by atoms with Crippen LogP contribution in [0.4, 0.5) is 0 Å². The summed E-state index contributed by atoms with van der Waals surface area (Å²) in [5.41, 5.74) is 0.701. The van der Waals surface area contributed by atoms with Gasteiger partial charge in [-0.3, -0.25) is 0 Å².